The molecule has 3 aliphatic heterocycles. The van der Waals surface area contributed by atoms with Crippen molar-refractivity contribution in [3.05, 3.63) is 124 Å². The SMILES string of the molecule is CN1C(=O)c2cccc3c(-c4ccc5c(c4)C(C)(C)c4cccc6c4N5c4ccccc4C6(C)C)ccc(c23)C1=O. The lowest BCUT2D eigenvalue weighted by Crippen LogP contribution is -2.38. The number of anilines is 3. The van der Waals surface area contributed by atoms with Crippen molar-refractivity contribution in [3.63, 3.8) is 0 Å². The van der Waals surface area contributed by atoms with Gasteiger partial charge in [0, 0.05) is 34.4 Å². The lowest BCUT2D eigenvalue weighted by molar-refractivity contribution is 0.0650. The average molecular weight is 535 g/mol. The fraction of sp³-hybridized carbons (Fsp3) is 0.189. The summed E-state index contributed by atoms with van der Waals surface area (Å²) in [6.07, 6.45) is 0. The zero-order chi connectivity index (χ0) is 28.4. The first kappa shape index (κ1) is 24.1. The standard InChI is InChI=1S/C37H30N2O2/c1-36(2)26-12-6-7-15-30(26)39-31-19-16-21(20-29(31)37(3,4)28-14-9-13-27(36)33(28)39)22-17-18-25-32-23(22)10-8-11-24(32)34(40)38(5)35(25)41/h6-20H,1-5H3. The van der Waals surface area contributed by atoms with E-state index in [1.807, 2.05) is 30.3 Å². The molecule has 41 heavy (non-hydrogen) atoms. The van der Waals surface area contributed by atoms with Gasteiger partial charge in [-0.15, -0.1) is 0 Å². The summed E-state index contributed by atoms with van der Waals surface area (Å²) < 4.78 is 0. The van der Waals surface area contributed by atoms with Crippen LogP contribution in [0.3, 0.4) is 0 Å². The van der Waals surface area contributed by atoms with E-state index in [-0.39, 0.29) is 22.6 Å². The second kappa shape index (κ2) is 7.73. The second-order valence-electron chi connectivity index (χ2n) is 12.6. The Morgan fingerprint density at radius 1 is 0.561 bits per heavy atom. The Balaban J connectivity index is 1.39. The molecular weight excluding hydrogens is 504 g/mol. The van der Waals surface area contributed by atoms with Crippen LogP contribution in [0.5, 0.6) is 0 Å². The summed E-state index contributed by atoms with van der Waals surface area (Å²) in [5, 5.41) is 1.67. The van der Waals surface area contributed by atoms with E-state index in [0.29, 0.717) is 11.1 Å². The third-order valence-corrected chi connectivity index (χ3v) is 9.76. The molecule has 4 heteroatoms. The monoisotopic (exact) mass is 534 g/mol. The Kier molecular flexibility index (Phi) is 4.55. The number of rotatable bonds is 1. The predicted molar refractivity (Wildman–Crippen MR) is 165 cm³/mol. The van der Waals surface area contributed by atoms with Gasteiger partial charge in [-0.05, 0) is 69.1 Å². The average Bonchev–Trinajstić information content (AvgIpc) is 2.98. The van der Waals surface area contributed by atoms with Gasteiger partial charge in [-0.3, -0.25) is 14.5 Å². The van der Waals surface area contributed by atoms with Crippen LogP contribution in [0.15, 0.2) is 91.0 Å². The summed E-state index contributed by atoms with van der Waals surface area (Å²) in [4.78, 5) is 29.7. The van der Waals surface area contributed by atoms with Crippen LogP contribution in [0.4, 0.5) is 17.1 Å². The van der Waals surface area contributed by atoms with Crippen LogP contribution in [0.2, 0.25) is 0 Å². The molecule has 0 spiro atoms. The zero-order valence-corrected chi connectivity index (χ0v) is 23.9. The van der Waals surface area contributed by atoms with Gasteiger partial charge in [0.05, 0.1) is 17.1 Å². The number of carbonyl (C=O) groups is 2. The summed E-state index contributed by atoms with van der Waals surface area (Å²) in [5.41, 5.74) is 11.8. The molecule has 200 valence electrons. The third kappa shape index (κ3) is 2.89. The highest BCUT2D eigenvalue weighted by Crippen LogP contribution is 2.60. The van der Waals surface area contributed by atoms with Crippen LogP contribution in [-0.4, -0.2) is 23.8 Å². The van der Waals surface area contributed by atoms with Gasteiger partial charge in [0.15, 0.2) is 0 Å². The van der Waals surface area contributed by atoms with E-state index in [2.05, 4.69) is 93.3 Å². The molecule has 3 heterocycles. The number of hydrogen-bond acceptors (Lipinski definition) is 3. The third-order valence-electron chi connectivity index (χ3n) is 9.76. The molecule has 0 aromatic heterocycles. The Morgan fingerprint density at radius 3 is 1.90 bits per heavy atom. The number of amides is 2. The Bertz CT molecular complexity index is 1990. The van der Waals surface area contributed by atoms with Crippen molar-refractivity contribution in [1.29, 1.82) is 0 Å². The quantitative estimate of drug-likeness (QED) is 0.203. The highest BCUT2D eigenvalue weighted by molar-refractivity contribution is 6.26. The molecule has 8 rings (SSSR count). The predicted octanol–water partition coefficient (Wildman–Crippen LogP) is 8.48. The molecule has 0 unspecified atom stereocenters. The number of imide groups is 1. The molecule has 0 fully saturated rings. The van der Waals surface area contributed by atoms with Crippen LogP contribution in [0.1, 0.15) is 70.7 Å². The van der Waals surface area contributed by atoms with Crippen molar-refractivity contribution < 1.29 is 9.59 Å². The molecule has 5 aromatic carbocycles. The first-order valence-corrected chi connectivity index (χ1v) is 14.2. The van der Waals surface area contributed by atoms with Crippen LogP contribution >= 0.6 is 0 Å². The van der Waals surface area contributed by atoms with E-state index >= 15 is 0 Å². The van der Waals surface area contributed by atoms with E-state index in [4.69, 9.17) is 0 Å². The molecular formula is C37H30N2O2. The number of carbonyl (C=O) groups excluding carboxylic acids is 2. The van der Waals surface area contributed by atoms with Gasteiger partial charge < -0.3 is 4.90 Å². The molecule has 3 aliphatic rings. The van der Waals surface area contributed by atoms with Crippen molar-refractivity contribution in [2.45, 2.75) is 38.5 Å². The van der Waals surface area contributed by atoms with E-state index in [0.717, 1.165) is 21.9 Å². The zero-order valence-electron chi connectivity index (χ0n) is 23.9. The van der Waals surface area contributed by atoms with Crippen molar-refractivity contribution in [3.8, 4) is 11.1 Å². The van der Waals surface area contributed by atoms with Crippen LogP contribution in [0.25, 0.3) is 21.9 Å². The van der Waals surface area contributed by atoms with E-state index < -0.39 is 0 Å². The van der Waals surface area contributed by atoms with Crippen LogP contribution < -0.4 is 4.90 Å². The molecule has 0 N–H and O–H groups in total. The van der Waals surface area contributed by atoms with Gasteiger partial charge in [-0.2, -0.15) is 0 Å². The topological polar surface area (TPSA) is 40.6 Å². The van der Waals surface area contributed by atoms with Crippen molar-refractivity contribution in [1.82, 2.24) is 4.90 Å². The highest BCUT2D eigenvalue weighted by Gasteiger charge is 2.45. The van der Waals surface area contributed by atoms with E-state index in [1.165, 1.54) is 44.2 Å². The molecule has 0 radical (unpaired) electrons. The molecule has 0 bridgehead atoms. The number of benzene rings is 5. The summed E-state index contributed by atoms with van der Waals surface area (Å²) in [6, 6.07) is 32.0. The van der Waals surface area contributed by atoms with Crippen LogP contribution in [0, 0.1) is 0 Å². The molecule has 0 aliphatic carbocycles. The van der Waals surface area contributed by atoms with Gasteiger partial charge >= 0.3 is 0 Å². The molecule has 0 saturated carbocycles. The molecule has 4 nitrogen and oxygen atoms in total. The molecule has 2 amide bonds. The first-order chi connectivity index (χ1) is 19.6. The largest absolute Gasteiger partial charge is 0.309 e. The van der Waals surface area contributed by atoms with Gasteiger partial charge in [0.25, 0.3) is 11.8 Å². The number of para-hydroxylation sites is 2. The number of hydrogen-bond donors (Lipinski definition) is 0. The van der Waals surface area contributed by atoms with Crippen molar-refractivity contribution in [2.24, 2.45) is 0 Å². The molecule has 0 saturated heterocycles. The summed E-state index contributed by atoms with van der Waals surface area (Å²) in [5.74, 6) is -0.508. The van der Waals surface area contributed by atoms with Gasteiger partial charge in [0.1, 0.15) is 0 Å². The fourth-order valence-corrected chi connectivity index (χ4v) is 7.52. The van der Waals surface area contributed by atoms with Gasteiger partial charge in [-0.25, -0.2) is 0 Å². The van der Waals surface area contributed by atoms with Gasteiger partial charge in [0.2, 0.25) is 0 Å². The normalized spacial score (nSPS) is 17.3. The van der Waals surface area contributed by atoms with E-state index in [9.17, 15) is 9.59 Å². The molecule has 5 aromatic rings. The lowest BCUT2D eigenvalue weighted by Gasteiger charge is -2.49. The second-order valence-corrected chi connectivity index (χ2v) is 12.6. The maximum Gasteiger partial charge on any atom is 0.261 e. The molecule has 0 atom stereocenters. The smallest absolute Gasteiger partial charge is 0.261 e. The van der Waals surface area contributed by atoms with Gasteiger partial charge in [-0.1, -0.05) is 88.4 Å². The van der Waals surface area contributed by atoms with E-state index in [1.54, 1.807) is 7.05 Å². The lowest BCUT2D eigenvalue weighted by atomic mass is 9.66. The van der Waals surface area contributed by atoms with Crippen molar-refractivity contribution in [2.75, 3.05) is 11.9 Å². The first-order valence-electron chi connectivity index (χ1n) is 14.2. The maximum atomic E-state index is 13.0. The van der Waals surface area contributed by atoms with Crippen molar-refractivity contribution >= 4 is 39.6 Å². The Hall–Kier alpha value is -4.70. The Morgan fingerprint density at radius 2 is 1.15 bits per heavy atom. The van der Waals surface area contributed by atoms with Crippen LogP contribution in [-0.2, 0) is 10.8 Å². The summed E-state index contributed by atoms with van der Waals surface area (Å²) >= 11 is 0. The maximum absolute atomic E-state index is 13.0. The number of nitrogens with zero attached hydrogens (tertiary/aromatic N) is 2. The minimum absolute atomic E-state index is 0.113. The minimum atomic E-state index is -0.254. The highest BCUT2D eigenvalue weighted by atomic mass is 16.2. The fourth-order valence-electron chi connectivity index (χ4n) is 7.52. The summed E-state index contributed by atoms with van der Waals surface area (Å²) in [6.45, 7) is 9.30. The number of fused-ring (bicyclic) bond motifs is 4. The minimum Gasteiger partial charge on any atom is -0.309 e. The Labute approximate surface area is 239 Å². The summed E-state index contributed by atoms with van der Waals surface area (Å²) in [7, 11) is 1.55.